The smallest absolute Gasteiger partial charge is 0.142 e. The number of nitrogens with zero attached hydrogens (tertiary/aromatic N) is 1. The molecule has 2 aromatic rings. The van der Waals surface area contributed by atoms with Gasteiger partial charge in [-0.25, -0.2) is 4.98 Å². The van der Waals surface area contributed by atoms with Crippen molar-refractivity contribution >= 4 is 33.0 Å². The lowest BCUT2D eigenvalue weighted by Gasteiger charge is -2.17. The molecule has 2 rings (SSSR count). The number of benzene rings is 1. The summed E-state index contributed by atoms with van der Waals surface area (Å²) >= 11 is 5.14. The van der Waals surface area contributed by atoms with Gasteiger partial charge in [0.2, 0.25) is 0 Å². The first kappa shape index (κ1) is 13.4. The van der Waals surface area contributed by atoms with Crippen molar-refractivity contribution in [1.29, 1.82) is 0 Å². The monoisotopic (exact) mass is 326 g/mol. The zero-order valence-corrected chi connectivity index (χ0v) is 12.9. The minimum absolute atomic E-state index is 0.209. The van der Waals surface area contributed by atoms with E-state index in [9.17, 15) is 0 Å². The van der Waals surface area contributed by atoms with Crippen LogP contribution in [-0.4, -0.2) is 12.1 Å². The van der Waals surface area contributed by atoms with Crippen molar-refractivity contribution in [2.24, 2.45) is 0 Å². The lowest BCUT2D eigenvalue weighted by Crippen LogP contribution is -2.07. The molecular formula is C13H15BrN2OS. The zero-order valence-electron chi connectivity index (χ0n) is 10.5. The number of aromatic nitrogens is 1. The van der Waals surface area contributed by atoms with Crippen molar-refractivity contribution in [2.45, 2.75) is 19.9 Å². The van der Waals surface area contributed by atoms with Gasteiger partial charge in [-0.2, -0.15) is 0 Å². The molecule has 3 nitrogen and oxygen atoms in total. The van der Waals surface area contributed by atoms with Crippen LogP contribution in [0.25, 0.3) is 0 Å². The number of methoxy groups -OCH3 is 1. The zero-order chi connectivity index (χ0) is 13.1. The summed E-state index contributed by atoms with van der Waals surface area (Å²) in [4.78, 5) is 5.52. The van der Waals surface area contributed by atoms with Crippen LogP contribution in [0.15, 0.2) is 28.2 Å². The summed E-state index contributed by atoms with van der Waals surface area (Å²) < 4.78 is 6.38. The molecule has 0 bridgehead atoms. The van der Waals surface area contributed by atoms with Gasteiger partial charge in [0, 0.05) is 9.35 Å². The third-order valence-corrected chi connectivity index (χ3v) is 4.32. The summed E-state index contributed by atoms with van der Waals surface area (Å²) in [7, 11) is 1.68. The lowest BCUT2D eigenvalue weighted by molar-refractivity contribution is 0.416. The van der Waals surface area contributed by atoms with E-state index in [-0.39, 0.29) is 6.04 Å². The Labute approximate surface area is 119 Å². The summed E-state index contributed by atoms with van der Waals surface area (Å²) in [6, 6.07) is 6.14. The first-order valence-electron chi connectivity index (χ1n) is 5.62. The van der Waals surface area contributed by atoms with Gasteiger partial charge in [-0.3, -0.25) is 0 Å². The molecule has 0 spiro atoms. The average Bonchev–Trinajstić information content (AvgIpc) is 2.76. The molecule has 1 heterocycles. The minimum atomic E-state index is 0.209. The van der Waals surface area contributed by atoms with Crippen LogP contribution in [0.3, 0.4) is 0 Å². The van der Waals surface area contributed by atoms with Crippen LogP contribution in [0.2, 0.25) is 0 Å². The van der Waals surface area contributed by atoms with Gasteiger partial charge >= 0.3 is 0 Å². The maximum Gasteiger partial charge on any atom is 0.142 e. The molecule has 1 unspecified atom stereocenters. The molecule has 0 saturated carbocycles. The van der Waals surface area contributed by atoms with Crippen molar-refractivity contribution < 1.29 is 4.74 Å². The Morgan fingerprint density at radius 2 is 2.22 bits per heavy atom. The Balaban J connectivity index is 2.23. The highest BCUT2D eigenvalue weighted by atomic mass is 79.9. The number of halogens is 1. The Morgan fingerprint density at radius 1 is 1.44 bits per heavy atom. The van der Waals surface area contributed by atoms with Gasteiger partial charge in [-0.1, -0.05) is 15.9 Å². The van der Waals surface area contributed by atoms with Gasteiger partial charge in [0.15, 0.2) is 0 Å². The number of hydrogen-bond donors (Lipinski definition) is 1. The highest BCUT2D eigenvalue weighted by Crippen LogP contribution is 2.32. The predicted molar refractivity (Wildman–Crippen MR) is 79.6 cm³/mol. The highest BCUT2D eigenvalue weighted by molar-refractivity contribution is 9.10. The largest absolute Gasteiger partial charge is 0.495 e. The number of rotatable bonds is 4. The molecule has 1 aromatic carbocycles. The van der Waals surface area contributed by atoms with Crippen molar-refractivity contribution in [3.05, 3.63) is 38.8 Å². The third-order valence-electron chi connectivity index (χ3n) is 2.71. The highest BCUT2D eigenvalue weighted by Gasteiger charge is 2.13. The summed E-state index contributed by atoms with van der Waals surface area (Å²) in [6.45, 7) is 4.16. The first-order valence-corrected chi connectivity index (χ1v) is 7.29. The van der Waals surface area contributed by atoms with Crippen LogP contribution in [0.4, 0.5) is 5.69 Å². The fourth-order valence-corrected chi connectivity index (χ4v) is 2.99. The second-order valence-electron chi connectivity index (χ2n) is 4.01. The van der Waals surface area contributed by atoms with Crippen LogP contribution in [0.5, 0.6) is 5.75 Å². The van der Waals surface area contributed by atoms with Gasteiger partial charge in [0.05, 0.1) is 30.0 Å². The van der Waals surface area contributed by atoms with Crippen LogP contribution in [0.1, 0.15) is 23.5 Å². The average molecular weight is 327 g/mol. The Bertz CT molecular complexity index is 542. The predicted octanol–water partition coefficient (Wildman–Crippen LogP) is 4.40. The molecule has 0 aliphatic carbocycles. The molecule has 1 atom stereocenters. The van der Waals surface area contributed by atoms with Gasteiger partial charge in [0.1, 0.15) is 5.75 Å². The molecule has 0 amide bonds. The van der Waals surface area contributed by atoms with E-state index in [2.05, 4.69) is 33.2 Å². The standard InChI is InChI=1S/C13H15BrN2OS/c1-8-13(18-7-15-8)9(2)16-11-6-10(14)4-5-12(11)17-3/h4-7,9,16H,1-3H3. The minimum Gasteiger partial charge on any atom is -0.495 e. The molecule has 1 aromatic heterocycles. The molecule has 96 valence electrons. The van der Waals surface area contributed by atoms with E-state index < -0.39 is 0 Å². The topological polar surface area (TPSA) is 34.1 Å². The van der Waals surface area contributed by atoms with E-state index >= 15 is 0 Å². The van der Waals surface area contributed by atoms with Crippen molar-refractivity contribution in [3.8, 4) is 5.75 Å². The number of anilines is 1. The van der Waals surface area contributed by atoms with Crippen LogP contribution < -0.4 is 10.1 Å². The van der Waals surface area contributed by atoms with E-state index in [1.807, 2.05) is 30.6 Å². The normalized spacial score (nSPS) is 12.2. The molecule has 0 aliphatic rings. The number of hydrogen-bond acceptors (Lipinski definition) is 4. The second-order valence-corrected chi connectivity index (χ2v) is 5.81. The molecule has 0 radical (unpaired) electrons. The van der Waals surface area contributed by atoms with E-state index in [0.29, 0.717) is 0 Å². The van der Waals surface area contributed by atoms with Gasteiger partial charge < -0.3 is 10.1 Å². The fraction of sp³-hybridized carbons (Fsp3) is 0.308. The van der Waals surface area contributed by atoms with Crippen LogP contribution >= 0.6 is 27.3 Å². The van der Waals surface area contributed by atoms with Gasteiger partial charge in [-0.15, -0.1) is 11.3 Å². The summed E-state index contributed by atoms with van der Waals surface area (Å²) in [6.07, 6.45) is 0. The number of ether oxygens (including phenoxy) is 1. The van der Waals surface area contributed by atoms with Crippen LogP contribution in [0, 0.1) is 6.92 Å². The molecule has 0 saturated heterocycles. The van der Waals surface area contributed by atoms with E-state index in [0.717, 1.165) is 21.6 Å². The Kier molecular flexibility index (Phi) is 4.24. The van der Waals surface area contributed by atoms with Crippen molar-refractivity contribution in [2.75, 3.05) is 12.4 Å². The second kappa shape index (κ2) is 5.71. The van der Waals surface area contributed by atoms with E-state index in [1.54, 1.807) is 18.4 Å². The summed E-state index contributed by atoms with van der Waals surface area (Å²) in [5.74, 6) is 0.840. The summed E-state index contributed by atoms with van der Waals surface area (Å²) in [5.41, 5.74) is 3.93. The lowest BCUT2D eigenvalue weighted by atomic mass is 10.2. The van der Waals surface area contributed by atoms with Crippen LogP contribution in [-0.2, 0) is 0 Å². The van der Waals surface area contributed by atoms with E-state index in [1.165, 1.54) is 4.88 Å². The molecule has 5 heteroatoms. The van der Waals surface area contributed by atoms with E-state index in [4.69, 9.17) is 4.74 Å². The summed E-state index contributed by atoms with van der Waals surface area (Å²) in [5, 5.41) is 3.46. The number of aryl methyl sites for hydroxylation is 1. The van der Waals surface area contributed by atoms with Crippen molar-refractivity contribution in [3.63, 3.8) is 0 Å². The fourth-order valence-electron chi connectivity index (χ4n) is 1.82. The first-order chi connectivity index (χ1) is 8.61. The molecular weight excluding hydrogens is 312 g/mol. The Hall–Kier alpha value is -1.07. The SMILES string of the molecule is COc1ccc(Br)cc1NC(C)c1scnc1C. The molecule has 0 aliphatic heterocycles. The van der Waals surface area contributed by atoms with Gasteiger partial charge in [-0.05, 0) is 32.0 Å². The Morgan fingerprint density at radius 3 is 2.83 bits per heavy atom. The van der Waals surface area contributed by atoms with Crippen molar-refractivity contribution in [1.82, 2.24) is 4.98 Å². The number of nitrogens with one attached hydrogen (secondary N) is 1. The maximum absolute atomic E-state index is 5.35. The third kappa shape index (κ3) is 2.84. The quantitative estimate of drug-likeness (QED) is 0.904. The molecule has 1 N–H and O–H groups in total. The maximum atomic E-state index is 5.35. The molecule has 18 heavy (non-hydrogen) atoms. The number of thiazole rings is 1. The molecule has 0 fully saturated rings. The van der Waals surface area contributed by atoms with Gasteiger partial charge in [0.25, 0.3) is 0 Å².